The normalized spacial score (nSPS) is 15.6. The van der Waals surface area contributed by atoms with Crippen LogP contribution in [-0.4, -0.2) is 31.2 Å². The molecule has 5 nitrogen and oxygen atoms in total. The SMILES string of the molecule is CC(N)C(N)C(=O)OCCN. The summed E-state index contributed by atoms with van der Waals surface area (Å²) in [5.74, 6) is -0.495. The summed E-state index contributed by atoms with van der Waals surface area (Å²) in [6, 6.07) is -1.14. The quantitative estimate of drug-likeness (QED) is 0.420. The fourth-order valence-corrected chi connectivity index (χ4v) is 0.470. The van der Waals surface area contributed by atoms with Crippen LogP contribution in [0.5, 0.6) is 0 Å². The van der Waals surface area contributed by atoms with E-state index in [9.17, 15) is 4.79 Å². The second kappa shape index (κ2) is 5.06. The maximum absolute atomic E-state index is 10.9. The molecular weight excluding hydrogens is 146 g/mol. The van der Waals surface area contributed by atoms with Crippen molar-refractivity contribution in [1.29, 1.82) is 0 Å². The summed E-state index contributed by atoms with van der Waals surface area (Å²) in [5, 5.41) is 0. The Morgan fingerprint density at radius 1 is 1.55 bits per heavy atom. The smallest absolute Gasteiger partial charge is 0.324 e. The Morgan fingerprint density at radius 2 is 2.09 bits per heavy atom. The summed E-state index contributed by atoms with van der Waals surface area (Å²) in [4.78, 5) is 10.9. The summed E-state index contributed by atoms with van der Waals surface area (Å²) >= 11 is 0. The van der Waals surface area contributed by atoms with Crippen molar-refractivity contribution >= 4 is 5.97 Å². The average Bonchev–Trinajstić information content (AvgIpc) is 1.98. The molecule has 0 saturated carbocycles. The fraction of sp³-hybridized carbons (Fsp3) is 0.833. The molecule has 0 rings (SSSR count). The van der Waals surface area contributed by atoms with Crippen molar-refractivity contribution in [2.75, 3.05) is 13.2 Å². The molecule has 0 saturated heterocycles. The summed E-state index contributed by atoms with van der Waals surface area (Å²) in [7, 11) is 0. The average molecular weight is 161 g/mol. The van der Waals surface area contributed by atoms with Gasteiger partial charge < -0.3 is 21.9 Å². The number of ether oxygens (including phenoxy) is 1. The number of rotatable bonds is 4. The van der Waals surface area contributed by atoms with E-state index in [0.29, 0.717) is 6.54 Å². The molecule has 0 bridgehead atoms. The predicted molar refractivity (Wildman–Crippen MR) is 41.6 cm³/mol. The third-order valence-electron chi connectivity index (χ3n) is 1.20. The lowest BCUT2D eigenvalue weighted by atomic mass is 10.2. The molecule has 5 heteroatoms. The van der Waals surface area contributed by atoms with Crippen LogP contribution in [0.4, 0.5) is 0 Å². The van der Waals surface area contributed by atoms with Crippen LogP contribution in [0.3, 0.4) is 0 Å². The standard InChI is InChI=1S/C6H15N3O2/c1-4(8)5(9)6(10)11-3-2-7/h4-5H,2-3,7-9H2,1H3. The molecule has 66 valence electrons. The van der Waals surface area contributed by atoms with E-state index in [0.717, 1.165) is 0 Å². The van der Waals surface area contributed by atoms with Gasteiger partial charge in [0.05, 0.1) is 0 Å². The van der Waals surface area contributed by atoms with Crippen LogP contribution >= 0.6 is 0 Å². The summed E-state index contributed by atoms with van der Waals surface area (Å²) in [6.07, 6.45) is 0. The third-order valence-corrected chi connectivity index (χ3v) is 1.20. The highest BCUT2D eigenvalue weighted by molar-refractivity contribution is 5.76. The van der Waals surface area contributed by atoms with Gasteiger partial charge in [-0.2, -0.15) is 0 Å². The first-order valence-electron chi connectivity index (χ1n) is 3.47. The van der Waals surface area contributed by atoms with Crippen molar-refractivity contribution in [3.05, 3.63) is 0 Å². The van der Waals surface area contributed by atoms with Gasteiger partial charge in [0.15, 0.2) is 0 Å². The van der Waals surface area contributed by atoms with Crippen LogP contribution in [0.1, 0.15) is 6.92 Å². The maximum atomic E-state index is 10.9. The molecule has 0 amide bonds. The van der Waals surface area contributed by atoms with Gasteiger partial charge in [-0.15, -0.1) is 0 Å². The lowest BCUT2D eigenvalue weighted by Crippen LogP contribution is -2.46. The van der Waals surface area contributed by atoms with Crippen molar-refractivity contribution in [2.24, 2.45) is 17.2 Å². The molecule has 0 aromatic rings. The van der Waals surface area contributed by atoms with Crippen LogP contribution in [0.25, 0.3) is 0 Å². The van der Waals surface area contributed by atoms with E-state index in [-0.39, 0.29) is 12.6 Å². The Kier molecular flexibility index (Phi) is 4.76. The second-order valence-corrected chi connectivity index (χ2v) is 2.34. The van der Waals surface area contributed by atoms with E-state index < -0.39 is 12.0 Å². The van der Waals surface area contributed by atoms with Crippen LogP contribution in [0, 0.1) is 0 Å². The monoisotopic (exact) mass is 161 g/mol. The maximum Gasteiger partial charge on any atom is 0.324 e. The number of hydrogen-bond donors (Lipinski definition) is 3. The summed E-state index contributed by atoms with van der Waals surface area (Å²) < 4.78 is 4.65. The predicted octanol–water partition coefficient (Wildman–Crippen LogP) is -1.84. The number of hydrogen-bond acceptors (Lipinski definition) is 5. The van der Waals surface area contributed by atoms with E-state index in [1.54, 1.807) is 6.92 Å². The zero-order chi connectivity index (χ0) is 8.85. The first-order valence-corrected chi connectivity index (χ1v) is 3.47. The number of nitrogens with two attached hydrogens (primary N) is 3. The zero-order valence-corrected chi connectivity index (χ0v) is 6.62. The van der Waals surface area contributed by atoms with Crippen molar-refractivity contribution in [3.63, 3.8) is 0 Å². The van der Waals surface area contributed by atoms with Gasteiger partial charge in [-0.1, -0.05) is 0 Å². The number of carbonyl (C=O) groups excluding carboxylic acids is 1. The van der Waals surface area contributed by atoms with Gasteiger partial charge in [0.1, 0.15) is 12.6 Å². The fourth-order valence-electron chi connectivity index (χ4n) is 0.470. The molecule has 6 N–H and O–H groups in total. The minimum absolute atomic E-state index is 0.194. The molecule has 0 aromatic carbocycles. The Balaban J connectivity index is 3.64. The lowest BCUT2D eigenvalue weighted by molar-refractivity contribution is -0.145. The Hall–Kier alpha value is -0.650. The summed E-state index contributed by atoms with van der Waals surface area (Å²) in [5.41, 5.74) is 15.8. The molecule has 0 fully saturated rings. The molecule has 2 unspecified atom stereocenters. The first-order chi connectivity index (χ1) is 5.09. The highest BCUT2D eigenvalue weighted by Crippen LogP contribution is 1.89. The van der Waals surface area contributed by atoms with Crippen molar-refractivity contribution in [2.45, 2.75) is 19.0 Å². The highest BCUT2D eigenvalue weighted by atomic mass is 16.5. The van der Waals surface area contributed by atoms with Crippen LogP contribution < -0.4 is 17.2 Å². The van der Waals surface area contributed by atoms with Crippen LogP contribution in [0.15, 0.2) is 0 Å². The second-order valence-electron chi connectivity index (χ2n) is 2.34. The molecule has 0 spiro atoms. The molecule has 0 aromatic heterocycles. The molecule has 0 radical (unpaired) electrons. The van der Waals surface area contributed by atoms with Gasteiger partial charge in [0.2, 0.25) is 0 Å². The van der Waals surface area contributed by atoms with Gasteiger partial charge in [-0.3, -0.25) is 4.79 Å². The van der Waals surface area contributed by atoms with E-state index in [4.69, 9.17) is 17.2 Å². The molecule has 0 aliphatic carbocycles. The van der Waals surface area contributed by atoms with Crippen LogP contribution in [0.2, 0.25) is 0 Å². The molecule has 11 heavy (non-hydrogen) atoms. The molecule has 2 atom stereocenters. The van der Waals surface area contributed by atoms with Crippen molar-refractivity contribution in [3.8, 4) is 0 Å². The Bertz CT molecular complexity index is 127. The van der Waals surface area contributed by atoms with Crippen molar-refractivity contribution < 1.29 is 9.53 Å². The largest absolute Gasteiger partial charge is 0.463 e. The molecule has 0 aliphatic heterocycles. The Labute approximate surface area is 65.9 Å². The zero-order valence-electron chi connectivity index (χ0n) is 6.62. The van der Waals surface area contributed by atoms with Gasteiger partial charge in [-0.25, -0.2) is 0 Å². The Morgan fingerprint density at radius 3 is 2.45 bits per heavy atom. The topological polar surface area (TPSA) is 104 Å². The minimum atomic E-state index is -0.749. The van der Waals surface area contributed by atoms with E-state index in [1.165, 1.54) is 0 Å². The highest BCUT2D eigenvalue weighted by Gasteiger charge is 2.18. The van der Waals surface area contributed by atoms with E-state index in [1.807, 2.05) is 0 Å². The van der Waals surface area contributed by atoms with Gasteiger partial charge >= 0.3 is 5.97 Å². The van der Waals surface area contributed by atoms with Gasteiger partial charge in [-0.05, 0) is 6.92 Å². The van der Waals surface area contributed by atoms with E-state index >= 15 is 0 Å². The number of esters is 1. The van der Waals surface area contributed by atoms with Gasteiger partial charge in [0.25, 0.3) is 0 Å². The van der Waals surface area contributed by atoms with Crippen molar-refractivity contribution in [1.82, 2.24) is 0 Å². The minimum Gasteiger partial charge on any atom is -0.463 e. The number of carbonyl (C=O) groups is 1. The van der Waals surface area contributed by atoms with E-state index in [2.05, 4.69) is 4.74 Å². The van der Waals surface area contributed by atoms with Crippen LogP contribution in [-0.2, 0) is 9.53 Å². The summed E-state index contributed by atoms with van der Waals surface area (Å²) in [6.45, 7) is 2.14. The third kappa shape index (κ3) is 3.92. The first kappa shape index (κ1) is 10.3. The molecule has 0 aliphatic rings. The lowest BCUT2D eigenvalue weighted by Gasteiger charge is -2.13. The van der Waals surface area contributed by atoms with Gasteiger partial charge in [0, 0.05) is 12.6 Å². The molecular formula is C6H15N3O2. The molecule has 0 heterocycles.